The van der Waals surface area contributed by atoms with Crippen molar-refractivity contribution in [1.82, 2.24) is 9.62 Å². The van der Waals surface area contributed by atoms with Crippen LogP contribution < -0.4 is 10.5 Å². The van der Waals surface area contributed by atoms with Gasteiger partial charge in [0.1, 0.15) is 0 Å². The van der Waals surface area contributed by atoms with Crippen LogP contribution in [-0.4, -0.2) is 47.0 Å². The summed E-state index contributed by atoms with van der Waals surface area (Å²) in [5.74, 6) is 0. The van der Waals surface area contributed by atoms with Gasteiger partial charge < -0.3 is 10.6 Å². The van der Waals surface area contributed by atoms with E-state index in [9.17, 15) is 8.42 Å². The molecule has 1 aromatic rings. The maximum Gasteiger partial charge on any atom is 0.240 e. The van der Waals surface area contributed by atoms with Gasteiger partial charge in [0.15, 0.2) is 0 Å². The van der Waals surface area contributed by atoms with Crippen molar-refractivity contribution in [1.29, 1.82) is 0 Å². The maximum absolute atomic E-state index is 12.0. The van der Waals surface area contributed by atoms with Gasteiger partial charge in [-0.15, -0.1) is 0 Å². The molecule has 19 heavy (non-hydrogen) atoms. The van der Waals surface area contributed by atoms with E-state index >= 15 is 0 Å². The Kier molecular flexibility index (Phi) is 6.44. The van der Waals surface area contributed by atoms with Crippen molar-refractivity contribution in [3.63, 3.8) is 0 Å². The molecule has 0 saturated heterocycles. The van der Waals surface area contributed by atoms with Crippen LogP contribution in [0.3, 0.4) is 0 Å². The first-order valence-corrected chi connectivity index (χ1v) is 7.87. The highest BCUT2D eigenvalue weighted by Crippen LogP contribution is 2.10. The molecule has 0 aliphatic carbocycles. The molecule has 0 atom stereocenters. The molecule has 1 aromatic carbocycles. The third-order valence-electron chi connectivity index (χ3n) is 2.74. The number of hydrogen-bond donors (Lipinski definition) is 2. The molecule has 0 saturated carbocycles. The van der Waals surface area contributed by atoms with Crippen molar-refractivity contribution in [2.45, 2.75) is 17.7 Å². The molecule has 0 unspecified atom stereocenters. The zero-order valence-electron chi connectivity index (χ0n) is 11.6. The van der Waals surface area contributed by atoms with Gasteiger partial charge >= 0.3 is 0 Å². The van der Waals surface area contributed by atoms with Gasteiger partial charge in [0.05, 0.1) is 4.90 Å². The van der Waals surface area contributed by atoms with Crippen molar-refractivity contribution >= 4 is 10.0 Å². The van der Waals surface area contributed by atoms with Gasteiger partial charge in [-0.3, -0.25) is 0 Å². The Hall–Kier alpha value is -0.950. The molecule has 108 valence electrons. The molecular weight excluding hydrogens is 262 g/mol. The molecule has 5 nitrogen and oxygen atoms in total. The lowest BCUT2D eigenvalue weighted by Crippen LogP contribution is -2.27. The number of sulfonamides is 1. The Balaban J connectivity index is 2.56. The van der Waals surface area contributed by atoms with Crippen LogP contribution in [0.5, 0.6) is 0 Å². The molecule has 0 heterocycles. The lowest BCUT2D eigenvalue weighted by Gasteiger charge is -2.10. The van der Waals surface area contributed by atoms with E-state index in [1.54, 1.807) is 24.3 Å². The molecule has 0 spiro atoms. The molecule has 6 heteroatoms. The van der Waals surface area contributed by atoms with Crippen LogP contribution in [0, 0.1) is 0 Å². The van der Waals surface area contributed by atoms with Gasteiger partial charge in [-0.2, -0.15) is 0 Å². The largest absolute Gasteiger partial charge is 0.330 e. The molecular formula is C13H23N3O2S. The van der Waals surface area contributed by atoms with E-state index in [0.29, 0.717) is 18.0 Å². The Morgan fingerprint density at radius 3 is 2.37 bits per heavy atom. The molecule has 0 fully saturated rings. The number of nitrogens with zero attached hydrogens (tertiary/aromatic N) is 1. The summed E-state index contributed by atoms with van der Waals surface area (Å²) < 4.78 is 26.6. The quantitative estimate of drug-likeness (QED) is 0.679. The van der Waals surface area contributed by atoms with Gasteiger partial charge in [-0.1, -0.05) is 12.1 Å². The van der Waals surface area contributed by atoms with E-state index in [-0.39, 0.29) is 0 Å². The molecule has 0 aliphatic rings. The summed E-state index contributed by atoms with van der Waals surface area (Å²) in [4.78, 5) is 2.33. The van der Waals surface area contributed by atoms with E-state index < -0.39 is 10.0 Å². The Morgan fingerprint density at radius 1 is 1.21 bits per heavy atom. The second-order valence-electron chi connectivity index (χ2n) is 4.74. The summed E-state index contributed by atoms with van der Waals surface area (Å²) in [5.41, 5.74) is 6.51. The minimum atomic E-state index is -3.39. The number of hydrogen-bond acceptors (Lipinski definition) is 4. The lowest BCUT2D eigenvalue weighted by atomic mass is 10.2. The van der Waals surface area contributed by atoms with E-state index in [1.165, 1.54) is 0 Å². The molecule has 0 amide bonds. The van der Waals surface area contributed by atoms with Crippen LogP contribution in [0.2, 0.25) is 0 Å². The number of nitrogens with two attached hydrogens (primary N) is 1. The van der Waals surface area contributed by atoms with Gasteiger partial charge in [0.25, 0.3) is 0 Å². The summed E-state index contributed by atoms with van der Waals surface area (Å²) in [7, 11) is 0.536. The molecule has 1 rings (SSSR count). The predicted octanol–water partition coefficient (Wildman–Crippen LogP) is 0.418. The van der Waals surface area contributed by atoms with Crippen LogP contribution >= 0.6 is 0 Å². The van der Waals surface area contributed by atoms with E-state index in [1.807, 2.05) is 19.0 Å². The zero-order valence-corrected chi connectivity index (χ0v) is 12.4. The summed E-state index contributed by atoms with van der Waals surface area (Å²) in [6, 6.07) is 6.86. The van der Waals surface area contributed by atoms with Crippen molar-refractivity contribution in [2.75, 3.05) is 33.7 Å². The van der Waals surface area contributed by atoms with Crippen LogP contribution in [-0.2, 0) is 16.4 Å². The fraction of sp³-hybridized carbons (Fsp3) is 0.538. The summed E-state index contributed by atoms with van der Waals surface area (Å²) in [5, 5.41) is 0. The number of rotatable bonds is 8. The van der Waals surface area contributed by atoms with Gasteiger partial charge in [0.2, 0.25) is 10.0 Å². The van der Waals surface area contributed by atoms with Gasteiger partial charge in [-0.25, -0.2) is 13.1 Å². The van der Waals surface area contributed by atoms with E-state index in [4.69, 9.17) is 5.73 Å². The highest BCUT2D eigenvalue weighted by atomic mass is 32.2. The molecule has 0 aromatic heterocycles. The van der Waals surface area contributed by atoms with Crippen molar-refractivity contribution < 1.29 is 8.42 Å². The summed E-state index contributed by atoms with van der Waals surface area (Å²) in [6.45, 7) is 1.87. The van der Waals surface area contributed by atoms with Crippen LogP contribution in [0.1, 0.15) is 12.0 Å². The first-order chi connectivity index (χ1) is 8.95. The SMILES string of the molecule is CN(C)CCCNS(=O)(=O)c1ccc(CCN)cc1. The van der Waals surface area contributed by atoms with Crippen LogP contribution in [0.4, 0.5) is 0 Å². The number of nitrogens with one attached hydrogen (secondary N) is 1. The highest BCUT2D eigenvalue weighted by Gasteiger charge is 2.12. The first-order valence-electron chi connectivity index (χ1n) is 6.39. The fourth-order valence-corrected chi connectivity index (χ4v) is 2.76. The van der Waals surface area contributed by atoms with Crippen LogP contribution in [0.15, 0.2) is 29.2 Å². The second-order valence-corrected chi connectivity index (χ2v) is 6.50. The molecule has 0 aliphatic heterocycles. The molecule has 0 radical (unpaired) electrons. The normalized spacial score (nSPS) is 12.0. The first kappa shape index (κ1) is 16.1. The van der Waals surface area contributed by atoms with Crippen molar-refractivity contribution in [3.05, 3.63) is 29.8 Å². The topological polar surface area (TPSA) is 75.4 Å². The minimum Gasteiger partial charge on any atom is -0.330 e. The Morgan fingerprint density at radius 2 is 1.84 bits per heavy atom. The smallest absolute Gasteiger partial charge is 0.240 e. The van der Waals surface area contributed by atoms with Crippen molar-refractivity contribution in [2.24, 2.45) is 5.73 Å². The predicted molar refractivity (Wildman–Crippen MR) is 77.6 cm³/mol. The fourth-order valence-electron chi connectivity index (χ4n) is 1.69. The third kappa shape index (κ3) is 5.69. The van der Waals surface area contributed by atoms with Crippen LogP contribution in [0.25, 0.3) is 0 Å². The molecule has 0 bridgehead atoms. The third-order valence-corrected chi connectivity index (χ3v) is 4.22. The van der Waals surface area contributed by atoms with Crippen molar-refractivity contribution in [3.8, 4) is 0 Å². The second kappa shape index (κ2) is 7.59. The average molecular weight is 285 g/mol. The monoisotopic (exact) mass is 285 g/mol. The Labute approximate surface area is 115 Å². The summed E-state index contributed by atoms with van der Waals surface area (Å²) in [6.07, 6.45) is 1.55. The summed E-state index contributed by atoms with van der Waals surface area (Å²) >= 11 is 0. The van der Waals surface area contributed by atoms with E-state index in [0.717, 1.165) is 24.9 Å². The van der Waals surface area contributed by atoms with Gasteiger partial charge in [0, 0.05) is 6.54 Å². The molecule has 3 N–H and O–H groups in total. The lowest BCUT2D eigenvalue weighted by molar-refractivity contribution is 0.400. The minimum absolute atomic E-state index is 0.304. The maximum atomic E-state index is 12.0. The standard InChI is InChI=1S/C13H23N3O2S/c1-16(2)11-3-10-15-19(17,18)13-6-4-12(5-7-13)8-9-14/h4-7,15H,3,8-11,14H2,1-2H3. The van der Waals surface area contributed by atoms with Gasteiger partial charge in [-0.05, 0) is 57.7 Å². The average Bonchev–Trinajstić information content (AvgIpc) is 2.36. The zero-order chi connectivity index (χ0) is 14.3. The Bertz CT molecular complexity index is 469. The highest BCUT2D eigenvalue weighted by molar-refractivity contribution is 7.89. The number of benzene rings is 1. The van der Waals surface area contributed by atoms with E-state index in [2.05, 4.69) is 4.72 Å².